The van der Waals surface area contributed by atoms with E-state index in [1.54, 1.807) is 12.4 Å². The summed E-state index contributed by atoms with van der Waals surface area (Å²) in [5.74, 6) is 1.03. The fraction of sp³-hybridized carbons (Fsp3) is 0.476. The van der Waals surface area contributed by atoms with E-state index in [1.165, 1.54) is 24.0 Å². The number of likely N-dealkylation sites (tertiary alicyclic amines) is 1. The molecule has 136 valence electrons. The van der Waals surface area contributed by atoms with Crippen molar-refractivity contribution >= 4 is 11.7 Å². The van der Waals surface area contributed by atoms with Crippen LogP contribution in [0.3, 0.4) is 0 Å². The molecule has 0 spiro atoms. The molecule has 5 nitrogen and oxygen atoms in total. The molecule has 1 aliphatic heterocycles. The molecule has 5 heteroatoms. The Labute approximate surface area is 155 Å². The molecule has 2 aromatic rings. The number of hydrogen-bond donors (Lipinski definition) is 0. The normalized spacial score (nSPS) is 18.8. The van der Waals surface area contributed by atoms with Crippen LogP contribution >= 0.6 is 0 Å². The minimum absolute atomic E-state index is 0.0457. The molecular weight excluding hydrogens is 324 g/mol. The number of rotatable bonds is 4. The number of aryl methyl sites for hydroxylation is 2. The summed E-state index contributed by atoms with van der Waals surface area (Å²) in [6.45, 7) is 0.808. The molecule has 1 aliphatic carbocycles. The number of nitrogens with zero attached hydrogens (tertiary/aromatic N) is 4. The Morgan fingerprint density at radius 1 is 1.19 bits per heavy atom. The van der Waals surface area contributed by atoms with E-state index in [-0.39, 0.29) is 11.9 Å². The van der Waals surface area contributed by atoms with Gasteiger partial charge >= 0.3 is 0 Å². The zero-order valence-electron chi connectivity index (χ0n) is 15.6. The van der Waals surface area contributed by atoms with Crippen LogP contribution in [0.1, 0.15) is 47.7 Å². The Balaban J connectivity index is 1.51. The SMILES string of the molecule is CN(C)c1cncc([C@@H]2CCCN2C(=O)Cc2ccc3c(c2)CCC3)n1. The van der Waals surface area contributed by atoms with Crippen molar-refractivity contribution in [3.05, 3.63) is 53.0 Å². The number of anilines is 1. The van der Waals surface area contributed by atoms with Crippen molar-refractivity contribution in [2.24, 2.45) is 0 Å². The minimum atomic E-state index is 0.0457. The van der Waals surface area contributed by atoms with Gasteiger partial charge in [-0.2, -0.15) is 0 Å². The van der Waals surface area contributed by atoms with Crippen LogP contribution in [0.4, 0.5) is 5.82 Å². The van der Waals surface area contributed by atoms with E-state index in [0.29, 0.717) is 6.42 Å². The van der Waals surface area contributed by atoms with Gasteiger partial charge in [0.25, 0.3) is 0 Å². The maximum Gasteiger partial charge on any atom is 0.227 e. The first-order valence-corrected chi connectivity index (χ1v) is 9.51. The van der Waals surface area contributed by atoms with Crippen molar-refractivity contribution in [1.82, 2.24) is 14.9 Å². The van der Waals surface area contributed by atoms with E-state index < -0.39 is 0 Å². The topological polar surface area (TPSA) is 49.3 Å². The molecule has 1 amide bonds. The lowest BCUT2D eigenvalue weighted by Crippen LogP contribution is -2.32. The molecule has 0 bridgehead atoms. The molecule has 1 aromatic carbocycles. The van der Waals surface area contributed by atoms with Gasteiger partial charge in [0.05, 0.1) is 30.6 Å². The molecule has 4 rings (SSSR count). The summed E-state index contributed by atoms with van der Waals surface area (Å²) in [5, 5.41) is 0. The summed E-state index contributed by atoms with van der Waals surface area (Å²) >= 11 is 0. The van der Waals surface area contributed by atoms with Crippen molar-refractivity contribution in [2.45, 2.75) is 44.6 Å². The summed E-state index contributed by atoms with van der Waals surface area (Å²) in [4.78, 5) is 26.0. The quantitative estimate of drug-likeness (QED) is 0.851. The first kappa shape index (κ1) is 17.0. The van der Waals surface area contributed by atoms with Crippen molar-refractivity contribution in [3.8, 4) is 0 Å². The van der Waals surface area contributed by atoms with Gasteiger partial charge in [-0.05, 0) is 48.8 Å². The Hall–Kier alpha value is -2.43. The average molecular weight is 350 g/mol. The van der Waals surface area contributed by atoms with Crippen LogP contribution in [-0.2, 0) is 24.1 Å². The molecule has 0 N–H and O–H groups in total. The standard InChI is InChI=1S/C21H26N4O/c1-24(2)20-14-22-13-18(23-20)19-7-4-10-25(19)21(26)12-15-8-9-16-5-3-6-17(16)11-15/h8-9,11,13-14,19H,3-7,10,12H2,1-2H3/t19-/m0/s1. The van der Waals surface area contributed by atoms with Gasteiger partial charge in [0.2, 0.25) is 5.91 Å². The lowest BCUT2D eigenvalue weighted by atomic mass is 10.0. The van der Waals surface area contributed by atoms with E-state index in [2.05, 4.69) is 23.2 Å². The van der Waals surface area contributed by atoms with Gasteiger partial charge in [-0.1, -0.05) is 18.2 Å². The van der Waals surface area contributed by atoms with Gasteiger partial charge in [-0.15, -0.1) is 0 Å². The largest absolute Gasteiger partial charge is 0.361 e. The van der Waals surface area contributed by atoms with Crippen molar-refractivity contribution in [1.29, 1.82) is 0 Å². The van der Waals surface area contributed by atoms with Crippen LogP contribution in [0.2, 0.25) is 0 Å². The van der Waals surface area contributed by atoms with Crippen LogP contribution in [0.15, 0.2) is 30.6 Å². The zero-order valence-corrected chi connectivity index (χ0v) is 15.6. The molecule has 1 fully saturated rings. The third-order valence-corrected chi connectivity index (χ3v) is 5.53. The van der Waals surface area contributed by atoms with Crippen LogP contribution in [-0.4, -0.2) is 41.4 Å². The molecular formula is C21H26N4O. The summed E-state index contributed by atoms with van der Waals surface area (Å²) in [5.41, 5.74) is 4.92. The Bertz CT molecular complexity index is 817. The summed E-state index contributed by atoms with van der Waals surface area (Å²) < 4.78 is 0. The highest BCUT2D eigenvalue weighted by Gasteiger charge is 2.31. The fourth-order valence-electron chi connectivity index (χ4n) is 4.13. The Morgan fingerprint density at radius 2 is 2.04 bits per heavy atom. The Kier molecular flexibility index (Phi) is 4.62. The summed E-state index contributed by atoms with van der Waals surface area (Å²) in [6.07, 6.45) is 9.59. The van der Waals surface area contributed by atoms with Crippen LogP contribution < -0.4 is 4.90 Å². The van der Waals surface area contributed by atoms with Crippen LogP contribution in [0.25, 0.3) is 0 Å². The maximum atomic E-state index is 13.0. The summed E-state index contributed by atoms with van der Waals surface area (Å²) in [7, 11) is 3.92. The second-order valence-corrected chi connectivity index (χ2v) is 7.58. The zero-order chi connectivity index (χ0) is 18.1. The predicted octanol–water partition coefficient (Wildman–Crippen LogP) is 2.94. The molecule has 0 radical (unpaired) electrons. The number of amides is 1. The second kappa shape index (κ2) is 7.06. The van der Waals surface area contributed by atoms with E-state index >= 15 is 0 Å². The van der Waals surface area contributed by atoms with Crippen molar-refractivity contribution in [2.75, 3.05) is 25.5 Å². The molecule has 1 saturated heterocycles. The average Bonchev–Trinajstić information content (AvgIpc) is 3.30. The van der Waals surface area contributed by atoms with E-state index in [4.69, 9.17) is 4.98 Å². The van der Waals surface area contributed by atoms with Gasteiger partial charge in [0.15, 0.2) is 0 Å². The van der Waals surface area contributed by atoms with E-state index in [9.17, 15) is 4.79 Å². The second-order valence-electron chi connectivity index (χ2n) is 7.58. The highest BCUT2D eigenvalue weighted by Crippen LogP contribution is 2.32. The van der Waals surface area contributed by atoms with Crippen molar-refractivity contribution in [3.63, 3.8) is 0 Å². The number of carbonyl (C=O) groups is 1. The number of carbonyl (C=O) groups excluding carboxylic acids is 1. The van der Waals surface area contributed by atoms with Gasteiger partial charge in [-0.25, -0.2) is 4.98 Å². The number of benzene rings is 1. The van der Waals surface area contributed by atoms with Gasteiger partial charge in [0.1, 0.15) is 5.82 Å². The lowest BCUT2D eigenvalue weighted by molar-refractivity contribution is -0.131. The van der Waals surface area contributed by atoms with E-state index in [1.807, 2.05) is 23.9 Å². The minimum Gasteiger partial charge on any atom is -0.361 e. The first-order valence-electron chi connectivity index (χ1n) is 9.51. The highest BCUT2D eigenvalue weighted by molar-refractivity contribution is 5.79. The number of hydrogen-bond acceptors (Lipinski definition) is 4. The smallest absolute Gasteiger partial charge is 0.227 e. The molecule has 0 unspecified atom stereocenters. The molecule has 26 heavy (non-hydrogen) atoms. The fourth-order valence-corrected chi connectivity index (χ4v) is 4.13. The molecule has 0 saturated carbocycles. The Morgan fingerprint density at radius 3 is 2.88 bits per heavy atom. The van der Waals surface area contributed by atoms with Crippen molar-refractivity contribution < 1.29 is 4.79 Å². The maximum absolute atomic E-state index is 13.0. The van der Waals surface area contributed by atoms with Gasteiger partial charge in [0, 0.05) is 20.6 Å². The molecule has 2 aliphatic rings. The van der Waals surface area contributed by atoms with Gasteiger partial charge < -0.3 is 9.80 Å². The molecule has 2 heterocycles. The third-order valence-electron chi connectivity index (χ3n) is 5.53. The van der Waals surface area contributed by atoms with Crippen LogP contribution in [0.5, 0.6) is 0 Å². The number of aromatic nitrogens is 2. The predicted molar refractivity (Wildman–Crippen MR) is 102 cm³/mol. The summed E-state index contributed by atoms with van der Waals surface area (Å²) in [6, 6.07) is 6.61. The number of fused-ring (bicyclic) bond motifs is 1. The molecule has 1 atom stereocenters. The molecule has 1 aromatic heterocycles. The third kappa shape index (κ3) is 3.30. The lowest BCUT2D eigenvalue weighted by Gasteiger charge is -2.25. The first-order chi connectivity index (χ1) is 12.6. The van der Waals surface area contributed by atoms with Gasteiger partial charge in [-0.3, -0.25) is 9.78 Å². The van der Waals surface area contributed by atoms with E-state index in [0.717, 1.165) is 42.9 Å². The highest BCUT2D eigenvalue weighted by atomic mass is 16.2. The van der Waals surface area contributed by atoms with Crippen LogP contribution in [0, 0.1) is 0 Å². The monoisotopic (exact) mass is 350 g/mol.